The van der Waals surface area contributed by atoms with Crippen LogP contribution in [0.15, 0.2) is 48.5 Å². The monoisotopic (exact) mass is 457 g/mol. The predicted octanol–water partition coefficient (Wildman–Crippen LogP) is 3.53. The molecule has 0 radical (unpaired) electrons. The van der Waals surface area contributed by atoms with Crippen molar-refractivity contribution in [2.75, 3.05) is 13.1 Å². The first-order valence-electron chi connectivity index (χ1n) is 11.2. The number of carbonyl (C=O) groups excluding carboxylic acids is 3. The van der Waals surface area contributed by atoms with Crippen molar-refractivity contribution in [2.45, 2.75) is 45.2 Å². The van der Waals surface area contributed by atoms with E-state index in [0.717, 1.165) is 6.42 Å². The van der Waals surface area contributed by atoms with Gasteiger partial charge in [0.2, 0.25) is 5.91 Å². The van der Waals surface area contributed by atoms with Gasteiger partial charge in [-0.2, -0.15) is 0 Å². The lowest BCUT2D eigenvalue weighted by atomic mass is 9.88. The molecule has 3 rings (SSSR count). The highest BCUT2D eigenvalue weighted by Gasteiger charge is 2.35. The molecule has 2 N–H and O–H groups in total. The summed E-state index contributed by atoms with van der Waals surface area (Å²) in [6.45, 7) is 4.52. The van der Waals surface area contributed by atoms with E-state index in [9.17, 15) is 23.2 Å². The van der Waals surface area contributed by atoms with Crippen molar-refractivity contribution in [2.24, 2.45) is 5.92 Å². The van der Waals surface area contributed by atoms with Gasteiger partial charge in [0.15, 0.2) is 0 Å². The fourth-order valence-corrected chi connectivity index (χ4v) is 3.90. The Bertz CT molecular complexity index is 989. The number of amides is 3. The predicted molar refractivity (Wildman–Crippen MR) is 121 cm³/mol. The number of hydrogen-bond donors (Lipinski definition) is 2. The molecule has 1 heterocycles. The van der Waals surface area contributed by atoms with E-state index in [-0.39, 0.29) is 34.9 Å². The van der Waals surface area contributed by atoms with Gasteiger partial charge in [-0.05, 0) is 68.5 Å². The van der Waals surface area contributed by atoms with Gasteiger partial charge in [-0.25, -0.2) is 8.78 Å². The molecule has 6 nitrogen and oxygen atoms in total. The molecule has 0 aliphatic carbocycles. The van der Waals surface area contributed by atoms with Crippen molar-refractivity contribution < 1.29 is 23.2 Å². The first-order chi connectivity index (χ1) is 15.8. The summed E-state index contributed by atoms with van der Waals surface area (Å²) < 4.78 is 27.2. The molecule has 0 saturated carbocycles. The van der Waals surface area contributed by atoms with Gasteiger partial charge in [0.05, 0.1) is 5.56 Å². The molecule has 1 aliphatic rings. The second-order valence-electron chi connectivity index (χ2n) is 8.39. The molecule has 3 amide bonds. The van der Waals surface area contributed by atoms with Gasteiger partial charge in [-0.15, -0.1) is 0 Å². The Labute approximate surface area is 192 Å². The normalized spacial score (nSPS) is 16.1. The third-order valence-electron chi connectivity index (χ3n) is 6.08. The van der Waals surface area contributed by atoms with Crippen LogP contribution < -0.4 is 10.6 Å². The van der Waals surface area contributed by atoms with Crippen molar-refractivity contribution in [3.63, 3.8) is 0 Å². The second kappa shape index (κ2) is 11.0. The highest BCUT2D eigenvalue weighted by molar-refractivity contribution is 5.98. The fourth-order valence-electron chi connectivity index (χ4n) is 3.90. The third-order valence-corrected chi connectivity index (χ3v) is 6.08. The number of likely N-dealkylation sites (tertiary alicyclic amines) is 1. The standard InChI is InChI=1S/C25H29F2N3O3/c1-3-16(2)28-24(32)22(29-23(31)18-8-10-19(26)11-9-18)17-12-14-30(15-13-17)25(33)20-6-4-5-7-21(20)27/h4-11,16-17,22H,3,12-15H2,1-2H3,(H,28,32)(H,29,31)/t16-,22-/m1/s1. The third kappa shape index (κ3) is 6.15. The zero-order valence-corrected chi connectivity index (χ0v) is 18.8. The molecule has 1 fully saturated rings. The second-order valence-corrected chi connectivity index (χ2v) is 8.39. The summed E-state index contributed by atoms with van der Waals surface area (Å²) >= 11 is 0. The topological polar surface area (TPSA) is 78.5 Å². The molecule has 0 spiro atoms. The maximum absolute atomic E-state index is 14.0. The summed E-state index contributed by atoms with van der Waals surface area (Å²) in [7, 11) is 0. The number of nitrogens with one attached hydrogen (secondary N) is 2. The van der Waals surface area contributed by atoms with Gasteiger partial charge in [0, 0.05) is 24.7 Å². The van der Waals surface area contributed by atoms with Crippen molar-refractivity contribution in [1.29, 1.82) is 0 Å². The number of carbonyl (C=O) groups is 3. The van der Waals surface area contributed by atoms with Crippen molar-refractivity contribution in [3.05, 3.63) is 71.3 Å². The lowest BCUT2D eigenvalue weighted by Crippen LogP contribution is -2.55. The van der Waals surface area contributed by atoms with Gasteiger partial charge in [-0.3, -0.25) is 14.4 Å². The quantitative estimate of drug-likeness (QED) is 0.668. The van der Waals surface area contributed by atoms with Crippen molar-refractivity contribution >= 4 is 17.7 Å². The number of nitrogens with zero attached hydrogens (tertiary/aromatic N) is 1. The smallest absolute Gasteiger partial charge is 0.256 e. The molecular formula is C25H29F2N3O3. The van der Waals surface area contributed by atoms with Crippen LogP contribution in [0, 0.1) is 17.6 Å². The Kier molecular flexibility index (Phi) is 8.14. The summed E-state index contributed by atoms with van der Waals surface area (Å²) in [5.74, 6) is -2.38. The van der Waals surface area contributed by atoms with Crippen LogP contribution in [-0.2, 0) is 4.79 Å². The lowest BCUT2D eigenvalue weighted by Gasteiger charge is -2.36. The van der Waals surface area contributed by atoms with E-state index in [2.05, 4.69) is 10.6 Å². The number of halogens is 2. The summed E-state index contributed by atoms with van der Waals surface area (Å²) in [6.07, 6.45) is 1.69. The Morgan fingerprint density at radius 3 is 2.24 bits per heavy atom. The lowest BCUT2D eigenvalue weighted by molar-refractivity contribution is -0.125. The molecule has 1 aliphatic heterocycles. The minimum Gasteiger partial charge on any atom is -0.352 e. The SMILES string of the molecule is CC[C@@H](C)NC(=O)[C@H](NC(=O)c1ccc(F)cc1)C1CCN(C(=O)c2ccccc2F)CC1. The summed E-state index contributed by atoms with van der Waals surface area (Å²) in [4.78, 5) is 40.0. The Morgan fingerprint density at radius 1 is 1.00 bits per heavy atom. The average Bonchev–Trinajstić information content (AvgIpc) is 2.82. The molecule has 176 valence electrons. The van der Waals surface area contributed by atoms with E-state index in [4.69, 9.17) is 0 Å². The molecule has 1 saturated heterocycles. The maximum Gasteiger partial charge on any atom is 0.256 e. The van der Waals surface area contributed by atoms with Crippen LogP contribution in [0.5, 0.6) is 0 Å². The molecule has 2 aromatic carbocycles. The van der Waals surface area contributed by atoms with E-state index in [0.29, 0.717) is 25.9 Å². The molecule has 2 aromatic rings. The zero-order chi connectivity index (χ0) is 24.0. The van der Waals surface area contributed by atoms with Gasteiger partial charge >= 0.3 is 0 Å². The molecular weight excluding hydrogens is 428 g/mol. The number of benzene rings is 2. The Hall–Kier alpha value is -3.29. The molecule has 0 aromatic heterocycles. The van der Waals surface area contributed by atoms with E-state index >= 15 is 0 Å². The van der Waals surface area contributed by atoms with Crippen LogP contribution in [0.2, 0.25) is 0 Å². The molecule has 33 heavy (non-hydrogen) atoms. The van der Waals surface area contributed by atoms with Crippen LogP contribution in [0.25, 0.3) is 0 Å². The van der Waals surface area contributed by atoms with Crippen molar-refractivity contribution in [1.82, 2.24) is 15.5 Å². The Balaban J connectivity index is 1.71. The van der Waals surface area contributed by atoms with Crippen LogP contribution >= 0.6 is 0 Å². The van der Waals surface area contributed by atoms with E-state index in [1.54, 1.807) is 11.0 Å². The molecule has 2 atom stereocenters. The number of hydrogen-bond acceptors (Lipinski definition) is 3. The van der Waals surface area contributed by atoms with E-state index in [1.807, 2.05) is 13.8 Å². The number of rotatable bonds is 7. The first kappa shape index (κ1) is 24.4. The van der Waals surface area contributed by atoms with Gasteiger partial charge in [-0.1, -0.05) is 19.1 Å². The minimum absolute atomic E-state index is 0.0200. The highest BCUT2D eigenvalue weighted by Crippen LogP contribution is 2.24. The molecule has 0 bridgehead atoms. The maximum atomic E-state index is 14.0. The molecule has 8 heteroatoms. The van der Waals surface area contributed by atoms with Crippen LogP contribution in [0.4, 0.5) is 8.78 Å². The average molecular weight is 458 g/mol. The summed E-state index contributed by atoms with van der Waals surface area (Å²) in [6, 6.07) is 10.1. The number of piperidine rings is 1. The van der Waals surface area contributed by atoms with Crippen LogP contribution in [0.1, 0.15) is 53.8 Å². The largest absolute Gasteiger partial charge is 0.352 e. The first-order valence-corrected chi connectivity index (χ1v) is 11.2. The van der Waals surface area contributed by atoms with Crippen molar-refractivity contribution in [3.8, 4) is 0 Å². The Morgan fingerprint density at radius 2 is 1.64 bits per heavy atom. The summed E-state index contributed by atoms with van der Waals surface area (Å²) in [5.41, 5.74) is 0.275. The fraction of sp³-hybridized carbons (Fsp3) is 0.400. The molecule has 0 unspecified atom stereocenters. The van der Waals surface area contributed by atoms with Gasteiger partial charge in [0.1, 0.15) is 17.7 Å². The van der Waals surface area contributed by atoms with Crippen LogP contribution in [0.3, 0.4) is 0 Å². The van der Waals surface area contributed by atoms with E-state index in [1.165, 1.54) is 42.5 Å². The summed E-state index contributed by atoms with van der Waals surface area (Å²) in [5, 5.41) is 5.72. The highest BCUT2D eigenvalue weighted by atomic mass is 19.1. The zero-order valence-electron chi connectivity index (χ0n) is 18.8. The minimum atomic E-state index is -0.803. The van der Waals surface area contributed by atoms with Crippen LogP contribution in [-0.4, -0.2) is 47.8 Å². The van der Waals surface area contributed by atoms with E-state index < -0.39 is 23.6 Å². The van der Waals surface area contributed by atoms with Gasteiger partial charge in [0.25, 0.3) is 11.8 Å². The van der Waals surface area contributed by atoms with Gasteiger partial charge < -0.3 is 15.5 Å².